The molecule has 0 aromatic carbocycles. The standard InChI is InChI=1S/C11H9BrF3NO/c1-17-10-9(11(13,14)15)6-8(7-16-10)4-2-3-5-12/h6-7H,3,5H2,1H3. The van der Waals surface area contributed by atoms with Crippen LogP contribution in [0.4, 0.5) is 13.2 Å². The molecule has 0 aliphatic carbocycles. The van der Waals surface area contributed by atoms with Gasteiger partial charge in [-0.2, -0.15) is 13.2 Å². The minimum Gasteiger partial charge on any atom is -0.481 e. The summed E-state index contributed by atoms with van der Waals surface area (Å²) < 4.78 is 42.4. The van der Waals surface area contributed by atoms with Crippen molar-refractivity contribution in [1.82, 2.24) is 4.98 Å². The highest BCUT2D eigenvalue weighted by atomic mass is 79.9. The molecule has 0 aliphatic heterocycles. The van der Waals surface area contributed by atoms with E-state index in [0.717, 1.165) is 13.2 Å². The van der Waals surface area contributed by atoms with Crippen molar-refractivity contribution in [2.45, 2.75) is 12.6 Å². The lowest BCUT2D eigenvalue weighted by atomic mass is 10.2. The molecule has 0 bridgehead atoms. The first-order chi connectivity index (χ1) is 7.99. The summed E-state index contributed by atoms with van der Waals surface area (Å²) in [5, 5.41) is 0.676. The number of halogens is 4. The van der Waals surface area contributed by atoms with Crippen molar-refractivity contribution >= 4 is 15.9 Å². The molecule has 1 rings (SSSR count). The van der Waals surface area contributed by atoms with Crippen molar-refractivity contribution in [3.8, 4) is 17.7 Å². The van der Waals surface area contributed by atoms with E-state index in [0.29, 0.717) is 11.8 Å². The van der Waals surface area contributed by atoms with Crippen molar-refractivity contribution in [2.75, 3.05) is 12.4 Å². The molecule has 0 spiro atoms. The molecule has 0 saturated heterocycles. The van der Waals surface area contributed by atoms with E-state index in [4.69, 9.17) is 0 Å². The maximum atomic E-state index is 12.6. The van der Waals surface area contributed by atoms with Gasteiger partial charge < -0.3 is 4.74 Å². The molecule has 17 heavy (non-hydrogen) atoms. The first kappa shape index (κ1) is 13.8. The van der Waals surface area contributed by atoms with Gasteiger partial charge in [0.05, 0.1) is 7.11 Å². The van der Waals surface area contributed by atoms with Crippen LogP contribution in [0.15, 0.2) is 12.3 Å². The van der Waals surface area contributed by atoms with Crippen LogP contribution in [0, 0.1) is 11.8 Å². The quantitative estimate of drug-likeness (QED) is 0.618. The second kappa shape index (κ2) is 5.92. The van der Waals surface area contributed by atoms with Crippen LogP contribution >= 0.6 is 15.9 Å². The van der Waals surface area contributed by atoms with E-state index in [1.165, 1.54) is 6.20 Å². The molecule has 1 aromatic rings. The summed E-state index contributed by atoms with van der Waals surface area (Å²) in [7, 11) is 1.15. The lowest BCUT2D eigenvalue weighted by Crippen LogP contribution is -2.09. The van der Waals surface area contributed by atoms with Gasteiger partial charge in [-0.25, -0.2) is 4.98 Å². The number of ether oxygens (including phenoxy) is 1. The number of rotatable bonds is 2. The third-order valence-corrected chi connectivity index (χ3v) is 2.20. The number of nitrogens with zero attached hydrogens (tertiary/aromatic N) is 1. The van der Waals surface area contributed by atoms with Crippen molar-refractivity contribution in [3.63, 3.8) is 0 Å². The number of pyridine rings is 1. The molecule has 2 nitrogen and oxygen atoms in total. The van der Waals surface area contributed by atoms with Crippen LogP contribution in [-0.2, 0) is 6.18 Å². The Balaban J connectivity index is 3.11. The number of methoxy groups -OCH3 is 1. The van der Waals surface area contributed by atoms with Crippen LogP contribution in [0.3, 0.4) is 0 Å². The van der Waals surface area contributed by atoms with Crippen molar-refractivity contribution < 1.29 is 17.9 Å². The van der Waals surface area contributed by atoms with E-state index < -0.39 is 17.6 Å². The highest BCUT2D eigenvalue weighted by Gasteiger charge is 2.35. The molecule has 0 amide bonds. The Bertz CT molecular complexity index is 448. The third-order valence-electron chi connectivity index (χ3n) is 1.80. The van der Waals surface area contributed by atoms with E-state index in [1.54, 1.807) is 0 Å². The Morgan fingerprint density at radius 2 is 2.18 bits per heavy atom. The average molecular weight is 308 g/mol. The van der Waals surface area contributed by atoms with Crippen LogP contribution < -0.4 is 4.74 Å². The van der Waals surface area contributed by atoms with E-state index in [2.05, 4.69) is 37.5 Å². The SMILES string of the molecule is COc1ncc(C#CCCBr)cc1C(F)(F)F. The first-order valence-electron chi connectivity index (χ1n) is 4.65. The second-order valence-electron chi connectivity index (χ2n) is 3.02. The van der Waals surface area contributed by atoms with Crippen LogP contribution in [0.1, 0.15) is 17.5 Å². The van der Waals surface area contributed by atoms with Gasteiger partial charge in [0.15, 0.2) is 0 Å². The minimum absolute atomic E-state index is 0.221. The van der Waals surface area contributed by atoms with Crippen LogP contribution in [-0.4, -0.2) is 17.4 Å². The minimum atomic E-state index is -4.49. The van der Waals surface area contributed by atoms with Gasteiger partial charge in [-0.1, -0.05) is 27.8 Å². The molecule has 0 aliphatic rings. The molecule has 0 unspecified atom stereocenters. The Hall–Kier alpha value is -1.22. The van der Waals surface area contributed by atoms with E-state index in [1.807, 2.05) is 0 Å². The summed E-state index contributed by atoms with van der Waals surface area (Å²) in [5.41, 5.74) is -0.690. The van der Waals surface area contributed by atoms with Gasteiger partial charge >= 0.3 is 6.18 Å². The molecule has 0 N–H and O–H groups in total. The summed E-state index contributed by atoms with van der Waals surface area (Å²) in [5.74, 6) is 4.89. The molecule has 6 heteroatoms. The predicted octanol–water partition coefficient (Wildman–Crippen LogP) is 3.25. The van der Waals surface area contributed by atoms with Gasteiger partial charge in [0.2, 0.25) is 5.88 Å². The first-order valence-corrected chi connectivity index (χ1v) is 5.77. The zero-order valence-electron chi connectivity index (χ0n) is 8.94. The topological polar surface area (TPSA) is 22.1 Å². The van der Waals surface area contributed by atoms with Gasteiger partial charge in [0, 0.05) is 23.5 Å². The van der Waals surface area contributed by atoms with Crippen molar-refractivity contribution in [2.24, 2.45) is 0 Å². The zero-order chi connectivity index (χ0) is 12.9. The molecule has 0 radical (unpaired) electrons. The molecular formula is C11H9BrF3NO. The van der Waals surface area contributed by atoms with Gasteiger partial charge in [-0.3, -0.25) is 0 Å². The molecule has 0 fully saturated rings. The highest BCUT2D eigenvalue weighted by Crippen LogP contribution is 2.35. The van der Waals surface area contributed by atoms with Crippen LogP contribution in [0.25, 0.3) is 0 Å². The number of hydrogen-bond acceptors (Lipinski definition) is 2. The molecule has 1 aromatic heterocycles. The van der Waals surface area contributed by atoms with Gasteiger partial charge in [-0.15, -0.1) is 0 Å². The van der Waals surface area contributed by atoms with Crippen LogP contribution in [0.2, 0.25) is 0 Å². The van der Waals surface area contributed by atoms with Crippen molar-refractivity contribution in [1.29, 1.82) is 0 Å². The molecule has 0 atom stereocenters. The maximum absolute atomic E-state index is 12.6. The second-order valence-corrected chi connectivity index (χ2v) is 3.81. The molecular weight excluding hydrogens is 299 g/mol. The third kappa shape index (κ3) is 3.93. The smallest absolute Gasteiger partial charge is 0.421 e. The van der Waals surface area contributed by atoms with E-state index in [-0.39, 0.29) is 5.56 Å². The Kier molecular flexibility index (Phi) is 4.82. The number of hydrogen-bond donors (Lipinski definition) is 0. The fourth-order valence-corrected chi connectivity index (χ4v) is 1.30. The zero-order valence-corrected chi connectivity index (χ0v) is 10.5. The summed E-state index contributed by atoms with van der Waals surface area (Å²) >= 11 is 3.17. The van der Waals surface area contributed by atoms with Gasteiger partial charge in [0.25, 0.3) is 0 Å². The summed E-state index contributed by atoms with van der Waals surface area (Å²) in [6, 6.07) is 0.938. The lowest BCUT2D eigenvalue weighted by Gasteiger charge is -2.10. The van der Waals surface area contributed by atoms with Gasteiger partial charge in [-0.05, 0) is 6.07 Å². The monoisotopic (exact) mass is 307 g/mol. The predicted molar refractivity (Wildman–Crippen MR) is 61.1 cm³/mol. The summed E-state index contributed by atoms with van der Waals surface area (Å²) in [4.78, 5) is 3.59. The summed E-state index contributed by atoms with van der Waals surface area (Å²) in [6.07, 6.45) is -2.67. The van der Waals surface area contributed by atoms with Crippen LogP contribution in [0.5, 0.6) is 5.88 Å². The Morgan fingerprint density at radius 3 is 2.71 bits per heavy atom. The molecule has 92 valence electrons. The van der Waals surface area contributed by atoms with Gasteiger partial charge in [0.1, 0.15) is 5.56 Å². The lowest BCUT2D eigenvalue weighted by molar-refractivity contribution is -0.139. The maximum Gasteiger partial charge on any atom is 0.421 e. The fraction of sp³-hybridized carbons (Fsp3) is 0.364. The average Bonchev–Trinajstić information content (AvgIpc) is 2.28. The molecule has 1 heterocycles. The van der Waals surface area contributed by atoms with E-state index in [9.17, 15) is 13.2 Å². The van der Waals surface area contributed by atoms with E-state index >= 15 is 0 Å². The highest BCUT2D eigenvalue weighted by molar-refractivity contribution is 9.09. The number of alkyl halides is 4. The fourth-order valence-electron chi connectivity index (χ4n) is 1.10. The summed E-state index contributed by atoms with van der Waals surface area (Å²) in [6.45, 7) is 0. The Labute approximate surface area is 105 Å². The largest absolute Gasteiger partial charge is 0.481 e. The van der Waals surface area contributed by atoms with Crippen molar-refractivity contribution in [3.05, 3.63) is 23.4 Å². The molecule has 0 saturated carbocycles. The number of aromatic nitrogens is 1. The normalized spacial score (nSPS) is 10.6. The Morgan fingerprint density at radius 1 is 1.47 bits per heavy atom.